The van der Waals surface area contributed by atoms with Crippen LogP contribution in [0.2, 0.25) is 0 Å². The number of nitrogens with zero attached hydrogens (tertiary/aromatic N) is 3. The summed E-state index contributed by atoms with van der Waals surface area (Å²) in [7, 11) is 0. The fraction of sp³-hybridized carbons (Fsp3) is 0.750. The van der Waals surface area contributed by atoms with Gasteiger partial charge >= 0.3 is 0 Å². The van der Waals surface area contributed by atoms with Crippen molar-refractivity contribution in [2.45, 2.75) is 47.0 Å². The maximum atomic E-state index is 6.12. The lowest BCUT2D eigenvalue weighted by atomic mass is 10.3. The van der Waals surface area contributed by atoms with Crippen LogP contribution in [0.25, 0.3) is 0 Å². The summed E-state index contributed by atoms with van der Waals surface area (Å²) in [5, 5.41) is 3.33. The lowest BCUT2D eigenvalue weighted by molar-refractivity contribution is 0.302. The van der Waals surface area contributed by atoms with Gasteiger partial charge < -0.3 is 20.7 Å². The third kappa shape index (κ3) is 5.67. The van der Waals surface area contributed by atoms with Gasteiger partial charge in [-0.1, -0.05) is 27.7 Å². The fourth-order valence-corrected chi connectivity index (χ4v) is 2.14. The van der Waals surface area contributed by atoms with Crippen molar-refractivity contribution in [2.75, 3.05) is 43.8 Å². The molecule has 22 heavy (non-hydrogen) atoms. The van der Waals surface area contributed by atoms with E-state index in [-0.39, 0.29) is 0 Å². The average Bonchev–Trinajstić information content (AvgIpc) is 2.55. The summed E-state index contributed by atoms with van der Waals surface area (Å²) in [6.07, 6.45) is 2.74. The summed E-state index contributed by atoms with van der Waals surface area (Å²) < 4.78 is 5.62. The van der Waals surface area contributed by atoms with Crippen molar-refractivity contribution < 1.29 is 4.74 Å². The molecule has 0 unspecified atom stereocenters. The number of aryl methyl sites for hydroxylation is 1. The normalized spacial score (nSPS) is 11.0. The van der Waals surface area contributed by atoms with Gasteiger partial charge in [0.25, 0.3) is 0 Å². The van der Waals surface area contributed by atoms with Crippen molar-refractivity contribution in [1.29, 1.82) is 0 Å². The van der Waals surface area contributed by atoms with Crippen LogP contribution in [-0.4, -0.2) is 47.7 Å². The van der Waals surface area contributed by atoms with E-state index in [0.29, 0.717) is 24.0 Å². The molecule has 0 fully saturated rings. The minimum atomic E-state index is 0.500. The van der Waals surface area contributed by atoms with Crippen molar-refractivity contribution in [2.24, 2.45) is 0 Å². The Balaban J connectivity index is 2.64. The number of hydrogen-bond acceptors (Lipinski definition) is 6. The zero-order valence-electron chi connectivity index (χ0n) is 14.5. The lowest BCUT2D eigenvalue weighted by Crippen LogP contribution is -2.25. The molecule has 0 saturated heterocycles. The molecule has 0 atom stereocenters. The Hall–Kier alpha value is -1.56. The third-order valence-electron chi connectivity index (χ3n) is 3.55. The number of hydrogen-bond donors (Lipinski definition) is 2. The Bertz CT molecular complexity index is 435. The summed E-state index contributed by atoms with van der Waals surface area (Å²) in [6.45, 7) is 13.2. The van der Waals surface area contributed by atoms with E-state index in [0.717, 1.165) is 51.3 Å². The minimum Gasteiger partial charge on any atom is -0.476 e. The van der Waals surface area contributed by atoms with E-state index in [2.05, 4.69) is 41.0 Å². The van der Waals surface area contributed by atoms with Gasteiger partial charge in [-0.05, 0) is 32.5 Å². The lowest BCUT2D eigenvalue weighted by Gasteiger charge is -2.18. The van der Waals surface area contributed by atoms with Crippen LogP contribution < -0.4 is 15.8 Å². The number of nitrogen functional groups attached to an aromatic ring is 1. The van der Waals surface area contributed by atoms with Crippen LogP contribution in [0.1, 0.15) is 46.4 Å². The van der Waals surface area contributed by atoms with Crippen LogP contribution >= 0.6 is 0 Å². The predicted octanol–water partition coefficient (Wildman–Crippen LogP) is 2.55. The van der Waals surface area contributed by atoms with Gasteiger partial charge in [0.05, 0.1) is 6.61 Å². The second-order valence-corrected chi connectivity index (χ2v) is 5.22. The summed E-state index contributed by atoms with van der Waals surface area (Å²) >= 11 is 0. The first-order valence-electron chi connectivity index (χ1n) is 8.41. The highest BCUT2D eigenvalue weighted by Crippen LogP contribution is 2.26. The maximum Gasteiger partial charge on any atom is 0.242 e. The minimum absolute atomic E-state index is 0.500. The van der Waals surface area contributed by atoms with Gasteiger partial charge in [-0.3, -0.25) is 0 Å². The number of nitrogens with one attached hydrogen (secondary N) is 1. The first-order valence-corrected chi connectivity index (χ1v) is 8.41. The predicted molar refractivity (Wildman–Crippen MR) is 92.5 cm³/mol. The Morgan fingerprint density at radius 2 is 1.86 bits per heavy atom. The Morgan fingerprint density at radius 1 is 1.14 bits per heavy atom. The highest BCUT2D eigenvalue weighted by Gasteiger charge is 2.12. The van der Waals surface area contributed by atoms with Crippen molar-refractivity contribution >= 4 is 11.5 Å². The molecule has 0 aliphatic rings. The third-order valence-corrected chi connectivity index (χ3v) is 3.55. The molecule has 1 aromatic rings. The first-order chi connectivity index (χ1) is 10.7. The number of ether oxygens (including phenoxy) is 1. The number of anilines is 2. The van der Waals surface area contributed by atoms with Crippen LogP contribution in [0.4, 0.5) is 11.5 Å². The van der Waals surface area contributed by atoms with Gasteiger partial charge in [-0.2, -0.15) is 4.98 Å². The van der Waals surface area contributed by atoms with E-state index in [1.54, 1.807) is 0 Å². The van der Waals surface area contributed by atoms with Gasteiger partial charge in [-0.25, -0.2) is 4.98 Å². The van der Waals surface area contributed by atoms with E-state index in [1.165, 1.54) is 0 Å². The summed E-state index contributed by atoms with van der Waals surface area (Å²) in [5.74, 6) is 1.95. The van der Waals surface area contributed by atoms with Crippen molar-refractivity contribution in [3.63, 3.8) is 0 Å². The van der Waals surface area contributed by atoms with Gasteiger partial charge in [0.1, 0.15) is 11.5 Å². The van der Waals surface area contributed by atoms with Gasteiger partial charge in [0.2, 0.25) is 5.88 Å². The molecule has 0 aliphatic carbocycles. The Kier molecular flexibility index (Phi) is 8.58. The smallest absolute Gasteiger partial charge is 0.242 e. The molecular weight excluding hydrogens is 278 g/mol. The van der Waals surface area contributed by atoms with Crippen molar-refractivity contribution in [1.82, 2.24) is 14.9 Å². The Labute approximate surface area is 134 Å². The zero-order chi connectivity index (χ0) is 16.4. The SMILES string of the molecule is CCCOc1nc(CC)nc(NCCCN(CC)CC)c1N. The second kappa shape index (κ2) is 10.2. The summed E-state index contributed by atoms with van der Waals surface area (Å²) in [5.41, 5.74) is 6.63. The highest BCUT2D eigenvalue weighted by atomic mass is 16.5. The molecule has 0 saturated carbocycles. The van der Waals surface area contributed by atoms with Gasteiger partial charge in [-0.15, -0.1) is 0 Å². The molecule has 1 rings (SSSR count). The second-order valence-electron chi connectivity index (χ2n) is 5.22. The van der Waals surface area contributed by atoms with Gasteiger partial charge in [0, 0.05) is 13.0 Å². The largest absolute Gasteiger partial charge is 0.476 e. The zero-order valence-corrected chi connectivity index (χ0v) is 14.5. The number of rotatable bonds is 11. The first kappa shape index (κ1) is 18.5. The summed E-state index contributed by atoms with van der Waals surface area (Å²) in [4.78, 5) is 11.2. The topological polar surface area (TPSA) is 76.3 Å². The van der Waals surface area contributed by atoms with E-state index in [9.17, 15) is 0 Å². The molecule has 0 amide bonds. The van der Waals surface area contributed by atoms with Crippen LogP contribution in [0.5, 0.6) is 5.88 Å². The molecule has 0 radical (unpaired) electrons. The molecule has 1 aromatic heterocycles. The quantitative estimate of drug-likeness (QED) is 0.612. The van der Waals surface area contributed by atoms with E-state index >= 15 is 0 Å². The monoisotopic (exact) mass is 309 g/mol. The molecule has 6 heteroatoms. The van der Waals surface area contributed by atoms with E-state index < -0.39 is 0 Å². The molecule has 0 aromatic carbocycles. The maximum absolute atomic E-state index is 6.12. The molecule has 6 nitrogen and oxygen atoms in total. The Morgan fingerprint density at radius 3 is 2.45 bits per heavy atom. The molecular formula is C16H31N5O. The molecule has 0 spiro atoms. The van der Waals surface area contributed by atoms with Crippen LogP contribution in [0.3, 0.4) is 0 Å². The van der Waals surface area contributed by atoms with E-state index in [1.807, 2.05) is 6.92 Å². The molecule has 0 aliphatic heterocycles. The number of nitrogens with two attached hydrogens (primary N) is 1. The molecule has 0 bridgehead atoms. The number of aromatic nitrogens is 2. The fourth-order valence-electron chi connectivity index (χ4n) is 2.14. The van der Waals surface area contributed by atoms with Crippen molar-refractivity contribution in [3.05, 3.63) is 5.82 Å². The molecule has 126 valence electrons. The summed E-state index contributed by atoms with van der Waals surface area (Å²) in [6, 6.07) is 0. The standard InChI is InChI=1S/C16H31N5O/c1-5-12-22-16-14(17)15(19-13(6-2)20-16)18-10-9-11-21(7-3)8-4/h5-12,17H2,1-4H3,(H,18,19,20). The average molecular weight is 309 g/mol. The van der Waals surface area contributed by atoms with Crippen molar-refractivity contribution in [3.8, 4) is 5.88 Å². The van der Waals surface area contributed by atoms with Crippen LogP contribution in [-0.2, 0) is 6.42 Å². The molecule has 3 N–H and O–H groups in total. The molecule has 1 heterocycles. The highest BCUT2D eigenvalue weighted by molar-refractivity contribution is 5.66. The van der Waals surface area contributed by atoms with E-state index in [4.69, 9.17) is 10.5 Å². The van der Waals surface area contributed by atoms with Crippen LogP contribution in [0.15, 0.2) is 0 Å². The van der Waals surface area contributed by atoms with Gasteiger partial charge in [0.15, 0.2) is 5.82 Å². The van der Waals surface area contributed by atoms with Crippen LogP contribution in [0, 0.1) is 0 Å².